The van der Waals surface area contributed by atoms with Crippen LogP contribution in [0.25, 0.3) is 0 Å². The molecular weight excluding hydrogens is 176 g/mol. The summed E-state index contributed by atoms with van der Waals surface area (Å²) in [4.78, 5) is 13.1. The van der Waals surface area contributed by atoms with Crippen molar-refractivity contribution in [2.45, 2.75) is 13.3 Å². The molecule has 0 atom stereocenters. The van der Waals surface area contributed by atoms with Gasteiger partial charge in [0.15, 0.2) is 0 Å². The molecule has 0 saturated carbocycles. The van der Waals surface area contributed by atoms with E-state index < -0.39 is 0 Å². The monoisotopic (exact) mass is 192 g/mol. The third-order valence-corrected chi connectivity index (χ3v) is 1.63. The second-order valence-electron chi connectivity index (χ2n) is 2.83. The van der Waals surface area contributed by atoms with Crippen LogP contribution in [0.3, 0.4) is 0 Å². The maximum absolute atomic E-state index is 11.5. The zero-order valence-electron chi connectivity index (χ0n) is 8.55. The number of terminal acetylenes is 2. The number of rotatable bonds is 6. The van der Waals surface area contributed by atoms with E-state index >= 15 is 0 Å². The zero-order chi connectivity index (χ0) is 10.8. The van der Waals surface area contributed by atoms with Crippen LogP contribution < -0.4 is 5.32 Å². The van der Waals surface area contributed by atoms with Gasteiger partial charge < -0.3 is 4.90 Å². The van der Waals surface area contributed by atoms with Crippen LogP contribution in [0.4, 0.5) is 0 Å². The lowest BCUT2D eigenvalue weighted by atomic mass is 10.3. The van der Waals surface area contributed by atoms with E-state index in [0.29, 0.717) is 19.6 Å². The van der Waals surface area contributed by atoms with Crippen molar-refractivity contribution in [2.24, 2.45) is 0 Å². The Bertz CT molecular complexity index is 247. The van der Waals surface area contributed by atoms with Gasteiger partial charge in [-0.25, -0.2) is 0 Å². The minimum absolute atomic E-state index is 0.0000463. The Labute approximate surface area is 85.9 Å². The molecule has 0 fully saturated rings. The lowest BCUT2D eigenvalue weighted by molar-refractivity contribution is -0.129. The standard InChI is InChI=1S/C11H16N2O/c1-4-7-12-10-11(14)13(8-5-2)9-6-3/h1-2,12H,6-10H2,3H3. The van der Waals surface area contributed by atoms with Gasteiger partial charge in [-0.1, -0.05) is 18.8 Å². The summed E-state index contributed by atoms with van der Waals surface area (Å²) in [5.74, 6) is 4.86. The van der Waals surface area contributed by atoms with Gasteiger partial charge in [-0.15, -0.1) is 12.8 Å². The summed E-state index contributed by atoms with van der Waals surface area (Å²) in [6.07, 6.45) is 11.1. The van der Waals surface area contributed by atoms with E-state index in [1.165, 1.54) is 0 Å². The van der Waals surface area contributed by atoms with Gasteiger partial charge in [0.25, 0.3) is 0 Å². The summed E-state index contributed by atoms with van der Waals surface area (Å²) in [7, 11) is 0. The first-order valence-electron chi connectivity index (χ1n) is 4.61. The van der Waals surface area contributed by atoms with Gasteiger partial charge in [-0.2, -0.15) is 0 Å². The minimum Gasteiger partial charge on any atom is -0.330 e. The molecule has 0 heterocycles. The number of nitrogens with zero attached hydrogens (tertiary/aromatic N) is 1. The number of amides is 1. The Morgan fingerprint density at radius 2 is 2.14 bits per heavy atom. The average Bonchev–Trinajstić information content (AvgIpc) is 2.18. The summed E-state index contributed by atoms with van der Waals surface area (Å²) in [6, 6.07) is 0. The first kappa shape index (κ1) is 12.6. The molecule has 0 aromatic rings. The van der Waals surface area contributed by atoms with E-state index in [4.69, 9.17) is 12.8 Å². The van der Waals surface area contributed by atoms with Gasteiger partial charge in [-0.05, 0) is 6.42 Å². The topological polar surface area (TPSA) is 32.3 Å². The molecule has 0 aromatic carbocycles. The Morgan fingerprint density at radius 1 is 1.43 bits per heavy atom. The van der Waals surface area contributed by atoms with Crippen LogP contribution in [0, 0.1) is 24.7 Å². The van der Waals surface area contributed by atoms with Crippen LogP contribution >= 0.6 is 0 Å². The largest absolute Gasteiger partial charge is 0.330 e. The third-order valence-electron chi connectivity index (χ3n) is 1.63. The summed E-state index contributed by atoms with van der Waals surface area (Å²) in [6.45, 7) is 3.73. The SMILES string of the molecule is C#CCNCC(=O)N(CC#C)CCC. The molecule has 0 aliphatic carbocycles. The van der Waals surface area contributed by atoms with Crippen molar-refractivity contribution in [3.8, 4) is 24.7 Å². The fraction of sp³-hybridized carbons (Fsp3) is 0.545. The van der Waals surface area contributed by atoms with Gasteiger partial charge in [0.1, 0.15) is 0 Å². The highest BCUT2D eigenvalue weighted by molar-refractivity contribution is 5.78. The Hall–Kier alpha value is -1.45. The van der Waals surface area contributed by atoms with E-state index in [9.17, 15) is 4.79 Å². The van der Waals surface area contributed by atoms with Gasteiger partial charge in [0.05, 0.1) is 19.6 Å². The quantitative estimate of drug-likeness (QED) is 0.477. The molecule has 76 valence electrons. The molecule has 0 unspecified atom stereocenters. The molecule has 0 aliphatic heterocycles. The van der Waals surface area contributed by atoms with Crippen LogP contribution in [0.15, 0.2) is 0 Å². The third kappa shape index (κ3) is 5.24. The molecule has 14 heavy (non-hydrogen) atoms. The normalized spacial score (nSPS) is 8.79. The van der Waals surface area contributed by atoms with Crippen molar-refractivity contribution >= 4 is 5.91 Å². The van der Waals surface area contributed by atoms with Gasteiger partial charge >= 0.3 is 0 Å². The summed E-state index contributed by atoms with van der Waals surface area (Å²) in [5, 5.41) is 2.84. The second-order valence-corrected chi connectivity index (χ2v) is 2.83. The number of hydrogen-bond acceptors (Lipinski definition) is 2. The summed E-state index contributed by atoms with van der Waals surface area (Å²) >= 11 is 0. The predicted octanol–water partition coefficient (Wildman–Crippen LogP) is 0.0810. The Kier molecular flexibility index (Phi) is 7.32. The van der Waals surface area contributed by atoms with Crippen molar-refractivity contribution in [2.75, 3.05) is 26.2 Å². The fourth-order valence-electron chi connectivity index (χ4n) is 1.03. The van der Waals surface area contributed by atoms with E-state index in [1.807, 2.05) is 6.92 Å². The summed E-state index contributed by atoms with van der Waals surface area (Å²) in [5.41, 5.74) is 0. The van der Waals surface area contributed by atoms with Crippen molar-refractivity contribution in [3.05, 3.63) is 0 Å². The molecule has 1 N–H and O–H groups in total. The number of hydrogen-bond donors (Lipinski definition) is 1. The van der Waals surface area contributed by atoms with Gasteiger partial charge in [-0.3, -0.25) is 10.1 Å². The predicted molar refractivity (Wildman–Crippen MR) is 57.4 cm³/mol. The van der Waals surface area contributed by atoms with Gasteiger partial charge in [0.2, 0.25) is 5.91 Å². The Morgan fingerprint density at radius 3 is 2.64 bits per heavy atom. The van der Waals surface area contributed by atoms with E-state index in [2.05, 4.69) is 17.2 Å². The number of nitrogens with one attached hydrogen (secondary N) is 1. The van der Waals surface area contributed by atoms with Crippen molar-refractivity contribution in [1.82, 2.24) is 10.2 Å². The van der Waals surface area contributed by atoms with E-state index in [-0.39, 0.29) is 12.5 Å². The molecule has 0 spiro atoms. The lowest BCUT2D eigenvalue weighted by Gasteiger charge is -2.19. The molecule has 0 aromatic heterocycles. The molecule has 0 radical (unpaired) electrons. The molecule has 1 amide bonds. The molecular formula is C11H16N2O. The molecule has 0 rings (SSSR count). The van der Waals surface area contributed by atoms with Crippen molar-refractivity contribution < 1.29 is 4.79 Å². The van der Waals surface area contributed by atoms with Crippen LogP contribution in [0.5, 0.6) is 0 Å². The molecule has 3 nitrogen and oxygen atoms in total. The Balaban J connectivity index is 3.91. The van der Waals surface area contributed by atoms with Crippen molar-refractivity contribution in [3.63, 3.8) is 0 Å². The highest BCUT2D eigenvalue weighted by Crippen LogP contribution is 1.91. The van der Waals surface area contributed by atoms with Crippen LogP contribution in [0.1, 0.15) is 13.3 Å². The zero-order valence-corrected chi connectivity index (χ0v) is 8.55. The van der Waals surface area contributed by atoms with E-state index in [1.54, 1.807) is 4.90 Å². The van der Waals surface area contributed by atoms with Crippen LogP contribution in [-0.2, 0) is 4.79 Å². The van der Waals surface area contributed by atoms with Crippen molar-refractivity contribution in [1.29, 1.82) is 0 Å². The average molecular weight is 192 g/mol. The molecule has 3 heteroatoms. The maximum atomic E-state index is 11.5. The fourth-order valence-corrected chi connectivity index (χ4v) is 1.03. The maximum Gasteiger partial charge on any atom is 0.237 e. The van der Waals surface area contributed by atoms with Crippen LogP contribution in [0.2, 0.25) is 0 Å². The second kappa shape index (κ2) is 8.16. The smallest absolute Gasteiger partial charge is 0.237 e. The molecule has 0 aliphatic rings. The molecule has 0 bridgehead atoms. The number of carbonyl (C=O) groups excluding carboxylic acids is 1. The minimum atomic E-state index is 0.0000463. The van der Waals surface area contributed by atoms with Crippen LogP contribution in [-0.4, -0.2) is 37.0 Å². The first-order chi connectivity index (χ1) is 6.76. The van der Waals surface area contributed by atoms with E-state index in [0.717, 1.165) is 6.42 Å². The highest BCUT2D eigenvalue weighted by Gasteiger charge is 2.09. The first-order valence-corrected chi connectivity index (χ1v) is 4.61. The molecule has 0 saturated heterocycles. The summed E-state index contributed by atoms with van der Waals surface area (Å²) < 4.78 is 0. The lowest BCUT2D eigenvalue weighted by Crippen LogP contribution is -2.39. The number of carbonyl (C=O) groups is 1. The highest BCUT2D eigenvalue weighted by atomic mass is 16.2. The van der Waals surface area contributed by atoms with Gasteiger partial charge in [0, 0.05) is 6.54 Å².